The zero-order valence-corrected chi connectivity index (χ0v) is 22.6. The predicted molar refractivity (Wildman–Crippen MR) is 151 cm³/mol. The van der Waals surface area contributed by atoms with Crippen molar-refractivity contribution in [3.05, 3.63) is 95.6 Å². The second-order valence-corrected chi connectivity index (χ2v) is 12.0. The van der Waals surface area contributed by atoms with Crippen LogP contribution in [0.25, 0.3) is 0 Å². The summed E-state index contributed by atoms with van der Waals surface area (Å²) < 4.78 is 27.3. The van der Waals surface area contributed by atoms with E-state index in [1.165, 1.54) is 24.9 Å². The Labute approximate surface area is 226 Å². The Morgan fingerprint density at radius 2 is 1.34 bits per heavy atom. The summed E-state index contributed by atoms with van der Waals surface area (Å²) in [6.07, 6.45) is 3.83. The number of piperazine rings is 1. The van der Waals surface area contributed by atoms with Gasteiger partial charge < -0.3 is 10.2 Å². The van der Waals surface area contributed by atoms with Crippen LogP contribution in [-0.2, 0) is 23.1 Å². The Balaban J connectivity index is 1.08. The fourth-order valence-corrected chi connectivity index (χ4v) is 6.59. The minimum Gasteiger partial charge on any atom is -0.372 e. The molecule has 0 spiro atoms. The summed E-state index contributed by atoms with van der Waals surface area (Å²) in [5.74, 6) is -0.0867. The molecule has 7 nitrogen and oxygen atoms in total. The molecule has 3 aromatic rings. The Kier molecular flexibility index (Phi) is 8.42. The number of piperidine rings is 1. The molecule has 0 radical (unpaired) electrons. The number of hydrogen-bond acceptors (Lipinski definition) is 5. The number of amides is 1. The number of sulfonamides is 1. The van der Waals surface area contributed by atoms with Crippen LogP contribution in [0.5, 0.6) is 0 Å². The van der Waals surface area contributed by atoms with Crippen molar-refractivity contribution >= 4 is 21.6 Å². The molecule has 2 fully saturated rings. The maximum atomic E-state index is 12.8. The molecule has 38 heavy (non-hydrogen) atoms. The number of carbonyl (C=O) groups excluding carboxylic acids is 1. The van der Waals surface area contributed by atoms with Gasteiger partial charge in [-0.05, 0) is 66.8 Å². The lowest BCUT2D eigenvalue weighted by molar-refractivity contribution is 0.0951. The SMILES string of the molecule is O=C(NCc1ccc(N2CCCCC2)cc1)c1ccc(CN2CCN(S(=O)(=O)c3ccccc3)CC2)cc1. The summed E-state index contributed by atoms with van der Waals surface area (Å²) in [7, 11) is -3.45. The highest BCUT2D eigenvalue weighted by atomic mass is 32.2. The quantitative estimate of drug-likeness (QED) is 0.473. The second-order valence-electron chi connectivity index (χ2n) is 10.1. The molecule has 1 N–H and O–H groups in total. The largest absolute Gasteiger partial charge is 0.372 e. The van der Waals surface area contributed by atoms with Crippen LogP contribution in [0.3, 0.4) is 0 Å². The summed E-state index contributed by atoms with van der Waals surface area (Å²) in [5.41, 5.74) is 4.09. The van der Waals surface area contributed by atoms with E-state index in [0.717, 1.165) is 30.8 Å². The van der Waals surface area contributed by atoms with E-state index in [9.17, 15) is 13.2 Å². The van der Waals surface area contributed by atoms with Crippen molar-refractivity contribution in [3.8, 4) is 0 Å². The molecule has 200 valence electrons. The van der Waals surface area contributed by atoms with Gasteiger partial charge in [-0.1, -0.05) is 42.5 Å². The molecule has 2 heterocycles. The lowest BCUT2D eigenvalue weighted by Gasteiger charge is -2.34. The predicted octanol–water partition coefficient (Wildman–Crippen LogP) is 4.11. The molecule has 0 aromatic heterocycles. The monoisotopic (exact) mass is 532 g/mol. The van der Waals surface area contributed by atoms with Gasteiger partial charge in [0.2, 0.25) is 10.0 Å². The van der Waals surface area contributed by atoms with Gasteiger partial charge in [0.25, 0.3) is 5.91 Å². The zero-order valence-electron chi connectivity index (χ0n) is 21.8. The van der Waals surface area contributed by atoms with Gasteiger partial charge in [-0.3, -0.25) is 9.69 Å². The third-order valence-electron chi connectivity index (χ3n) is 7.45. The molecule has 0 bridgehead atoms. The molecular weight excluding hydrogens is 496 g/mol. The standard InChI is InChI=1S/C30H36N4O3S/c35-30(31-23-25-11-15-28(16-12-25)33-17-5-2-6-18-33)27-13-9-26(10-14-27)24-32-19-21-34(22-20-32)38(36,37)29-7-3-1-4-8-29/h1,3-4,7-16H,2,5-6,17-24H2,(H,31,35). The summed E-state index contributed by atoms with van der Waals surface area (Å²) in [6.45, 7) is 5.75. The number of nitrogens with zero attached hydrogens (tertiary/aromatic N) is 3. The summed E-state index contributed by atoms with van der Waals surface area (Å²) in [5, 5.41) is 3.02. The number of anilines is 1. The van der Waals surface area contributed by atoms with Crippen LogP contribution >= 0.6 is 0 Å². The highest BCUT2D eigenvalue weighted by Crippen LogP contribution is 2.21. The first-order valence-corrected chi connectivity index (χ1v) is 14.9. The van der Waals surface area contributed by atoms with Crippen LogP contribution in [0.2, 0.25) is 0 Å². The fraction of sp³-hybridized carbons (Fsp3) is 0.367. The number of benzene rings is 3. The van der Waals surface area contributed by atoms with E-state index < -0.39 is 10.0 Å². The number of rotatable bonds is 8. The van der Waals surface area contributed by atoms with Gasteiger partial charge in [0.1, 0.15) is 0 Å². The molecule has 2 aliphatic heterocycles. The first-order chi connectivity index (χ1) is 18.5. The molecule has 2 saturated heterocycles. The third kappa shape index (κ3) is 6.43. The maximum absolute atomic E-state index is 12.8. The van der Waals surface area contributed by atoms with Gasteiger partial charge in [-0.2, -0.15) is 4.31 Å². The molecule has 3 aromatic carbocycles. The fourth-order valence-electron chi connectivity index (χ4n) is 5.15. The normalized spacial score (nSPS) is 17.3. The summed E-state index contributed by atoms with van der Waals surface area (Å²) in [6, 6.07) is 24.8. The van der Waals surface area contributed by atoms with E-state index in [1.54, 1.807) is 28.6 Å². The number of nitrogens with one attached hydrogen (secondary N) is 1. The van der Waals surface area contributed by atoms with Gasteiger partial charge in [-0.25, -0.2) is 8.42 Å². The van der Waals surface area contributed by atoms with Crippen molar-refractivity contribution in [1.29, 1.82) is 0 Å². The Morgan fingerprint density at radius 1 is 0.711 bits per heavy atom. The molecule has 1 amide bonds. The van der Waals surface area contributed by atoms with E-state index >= 15 is 0 Å². The van der Waals surface area contributed by atoms with Crippen LogP contribution in [0.15, 0.2) is 83.8 Å². The van der Waals surface area contributed by atoms with Crippen molar-refractivity contribution in [3.63, 3.8) is 0 Å². The first kappa shape index (κ1) is 26.4. The zero-order chi connectivity index (χ0) is 26.4. The highest BCUT2D eigenvalue weighted by molar-refractivity contribution is 7.89. The maximum Gasteiger partial charge on any atom is 0.251 e. The van der Waals surface area contributed by atoms with Crippen molar-refractivity contribution in [2.24, 2.45) is 0 Å². The molecule has 0 atom stereocenters. The third-order valence-corrected chi connectivity index (χ3v) is 9.36. The van der Waals surface area contributed by atoms with E-state index in [2.05, 4.69) is 39.4 Å². The van der Waals surface area contributed by atoms with Crippen LogP contribution in [0.4, 0.5) is 5.69 Å². The van der Waals surface area contributed by atoms with E-state index in [4.69, 9.17) is 0 Å². The van der Waals surface area contributed by atoms with E-state index in [-0.39, 0.29) is 5.91 Å². The number of hydrogen-bond donors (Lipinski definition) is 1. The van der Waals surface area contributed by atoms with Crippen LogP contribution in [-0.4, -0.2) is 62.8 Å². The molecule has 0 saturated carbocycles. The van der Waals surface area contributed by atoms with Crippen LogP contribution < -0.4 is 10.2 Å². The summed E-state index contributed by atoms with van der Waals surface area (Å²) in [4.78, 5) is 17.7. The molecule has 5 rings (SSSR count). The summed E-state index contributed by atoms with van der Waals surface area (Å²) >= 11 is 0. The van der Waals surface area contributed by atoms with Crippen molar-refractivity contribution in [2.45, 2.75) is 37.2 Å². The molecule has 0 unspecified atom stereocenters. The second kappa shape index (κ2) is 12.1. The van der Waals surface area contributed by atoms with Crippen molar-refractivity contribution in [1.82, 2.24) is 14.5 Å². The average Bonchev–Trinajstić information content (AvgIpc) is 2.98. The lowest BCUT2D eigenvalue weighted by Crippen LogP contribution is -2.48. The van der Waals surface area contributed by atoms with E-state index in [0.29, 0.717) is 43.2 Å². The van der Waals surface area contributed by atoms with Gasteiger partial charge in [-0.15, -0.1) is 0 Å². The van der Waals surface area contributed by atoms with Gasteiger partial charge >= 0.3 is 0 Å². The molecular formula is C30H36N4O3S. The minimum absolute atomic E-state index is 0.0867. The van der Waals surface area contributed by atoms with Gasteiger partial charge in [0.05, 0.1) is 4.90 Å². The Hall–Kier alpha value is -3.20. The van der Waals surface area contributed by atoms with Crippen LogP contribution in [0.1, 0.15) is 40.7 Å². The first-order valence-electron chi connectivity index (χ1n) is 13.5. The van der Waals surface area contributed by atoms with Gasteiger partial charge in [0, 0.05) is 63.6 Å². The van der Waals surface area contributed by atoms with Crippen molar-refractivity contribution < 1.29 is 13.2 Å². The Morgan fingerprint density at radius 3 is 2.00 bits per heavy atom. The van der Waals surface area contributed by atoms with Crippen molar-refractivity contribution in [2.75, 3.05) is 44.2 Å². The molecule has 2 aliphatic rings. The lowest BCUT2D eigenvalue weighted by atomic mass is 10.1. The topological polar surface area (TPSA) is 73.0 Å². The number of carbonyl (C=O) groups is 1. The Bertz CT molecular complexity index is 1300. The molecule has 0 aliphatic carbocycles. The van der Waals surface area contributed by atoms with Crippen LogP contribution in [0, 0.1) is 0 Å². The highest BCUT2D eigenvalue weighted by Gasteiger charge is 2.28. The van der Waals surface area contributed by atoms with Gasteiger partial charge in [0.15, 0.2) is 0 Å². The minimum atomic E-state index is -3.45. The molecule has 8 heteroatoms. The van der Waals surface area contributed by atoms with E-state index in [1.807, 2.05) is 30.3 Å². The smallest absolute Gasteiger partial charge is 0.251 e. The average molecular weight is 533 g/mol.